The van der Waals surface area contributed by atoms with Gasteiger partial charge in [0.05, 0.1) is 35.4 Å². The maximum absolute atomic E-state index is 12.2. The third-order valence-corrected chi connectivity index (χ3v) is 7.41. The standard InChI is InChI=1S/C28H32N2O5S/c1-18-14-22(16-29-28(32)34-17-20-8-5-4-6-9-20)26(36-18)24-12-13-25(19(2)30-24)35-23-11-7-10-21(15-23)27(31)33-3/h4-6,8-9,12-14,21,23H,7,10-11,15-17H2,1-3H3,(H,29,32)/t21-,23-/m0/s1. The van der Waals surface area contributed by atoms with E-state index in [4.69, 9.17) is 19.2 Å². The normalized spacial score (nSPS) is 17.3. The van der Waals surface area contributed by atoms with Crippen molar-refractivity contribution in [2.45, 2.75) is 58.8 Å². The average Bonchev–Trinajstić information content (AvgIpc) is 3.28. The van der Waals surface area contributed by atoms with Crippen LogP contribution in [0.1, 0.15) is 47.4 Å². The summed E-state index contributed by atoms with van der Waals surface area (Å²) in [5.74, 6) is 0.461. The first-order valence-electron chi connectivity index (χ1n) is 12.2. The summed E-state index contributed by atoms with van der Waals surface area (Å²) >= 11 is 1.64. The summed E-state index contributed by atoms with van der Waals surface area (Å²) in [6, 6.07) is 15.5. The van der Waals surface area contributed by atoms with Crippen molar-refractivity contribution >= 4 is 23.4 Å². The lowest BCUT2D eigenvalue weighted by molar-refractivity contribution is -0.147. The summed E-state index contributed by atoms with van der Waals surface area (Å²) in [6.07, 6.45) is 2.87. The Morgan fingerprint density at radius 3 is 2.67 bits per heavy atom. The van der Waals surface area contributed by atoms with Gasteiger partial charge in [-0.05, 0) is 68.9 Å². The second kappa shape index (κ2) is 12.0. The number of pyridine rings is 1. The van der Waals surface area contributed by atoms with Crippen molar-refractivity contribution in [3.05, 3.63) is 70.2 Å². The Hall–Kier alpha value is -3.39. The summed E-state index contributed by atoms with van der Waals surface area (Å²) < 4.78 is 16.5. The third kappa shape index (κ3) is 6.63. The van der Waals surface area contributed by atoms with Crippen molar-refractivity contribution in [1.29, 1.82) is 0 Å². The number of nitrogens with zero attached hydrogens (tertiary/aromatic N) is 1. The molecular formula is C28H32N2O5S. The van der Waals surface area contributed by atoms with Crippen LogP contribution in [-0.2, 0) is 27.4 Å². The van der Waals surface area contributed by atoms with Crippen molar-refractivity contribution in [2.24, 2.45) is 5.92 Å². The number of hydrogen-bond acceptors (Lipinski definition) is 7. The number of aryl methyl sites for hydroxylation is 2. The van der Waals surface area contributed by atoms with Gasteiger partial charge in [0, 0.05) is 11.4 Å². The van der Waals surface area contributed by atoms with Crippen LogP contribution in [0.15, 0.2) is 48.5 Å². The fourth-order valence-corrected chi connectivity index (χ4v) is 5.47. The molecule has 2 aromatic heterocycles. The number of nitrogens with one attached hydrogen (secondary N) is 1. The van der Waals surface area contributed by atoms with Crippen molar-refractivity contribution in [2.75, 3.05) is 7.11 Å². The van der Waals surface area contributed by atoms with Gasteiger partial charge < -0.3 is 19.5 Å². The van der Waals surface area contributed by atoms with Gasteiger partial charge in [-0.15, -0.1) is 11.3 Å². The number of carbonyl (C=O) groups is 2. The molecule has 1 amide bonds. The summed E-state index contributed by atoms with van der Waals surface area (Å²) in [5.41, 5.74) is 3.56. The minimum atomic E-state index is -0.459. The Kier molecular flexibility index (Phi) is 8.59. The first-order chi connectivity index (χ1) is 17.4. The Balaban J connectivity index is 1.38. The average molecular weight is 509 g/mol. The minimum Gasteiger partial charge on any atom is -0.489 e. The zero-order valence-corrected chi connectivity index (χ0v) is 21.7. The molecule has 1 fully saturated rings. The van der Waals surface area contributed by atoms with Crippen LogP contribution in [0, 0.1) is 19.8 Å². The Morgan fingerprint density at radius 1 is 1.11 bits per heavy atom. The van der Waals surface area contributed by atoms with Crippen LogP contribution in [0.3, 0.4) is 0 Å². The fourth-order valence-electron chi connectivity index (χ4n) is 4.47. The topological polar surface area (TPSA) is 86.8 Å². The van der Waals surface area contributed by atoms with Crippen LogP contribution in [0.25, 0.3) is 10.6 Å². The molecule has 2 atom stereocenters. The number of thiophene rings is 1. The van der Waals surface area contributed by atoms with Gasteiger partial charge in [0.25, 0.3) is 0 Å². The Morgan fingerprint density at radius 2 is 1.92 bits per heavy atom. The molecular weight excluding hydrogens is 476 g/mol. The molecule has 36 heavy (non-hydrogen) atoms. The molecule has 0 aliphatic heterocycles. The number of methoxy groups -OCH3 is 1. The van der Waals surface area contributed by atoms with Crippen LogP contribution < -0.4 is 10.1 Å². The molecule has 3 aromatic rings. The summed E-state index contributed by atoms with van der Waals surface area (Å²) in [5, 5.41) is 2.85. The van der Waals surface area contributed by atoms with Crippen molar-refractivity contribution in [1.82, 2.24) is 10.3 Å². The molecule has 7 nitrogen and oxygen atoms in total. The van der Waals surface area contributed by atoms with Crippen molar-refractivity contribution in [3.8, 4) is 16.3 Å². The molecule has 8 heteroatoms. The Labute approximate surface area is 215 Å². The van der Waals surface area contributed by atoms with Crippen LogP contribution >= 0.6 is 11.3 Å². The predicted molar refractivity (Wildman–Crippen MR) is 139 cm³/mol. The second-order valence-corrected chi connectivity index (χ2v) is 10.3. The largest absolute Gasteiger partial charge is 0.489 e. The van der Waals surface area contributed by atoms with Crippen LogP contribution in [-0.4, -0.2) is 30.3 Å². The lowest BCUT2D eigenvalue weighted by Gasteiger charge is -2.28. The number of ether oxygens (including phenoxy) is 3. The van der Waals surface area contributed by atoms with E-state index in [1.54, 1.807) is 11.3 Å². The quantitative estimate of drug-likeness (QED) is 0.378. The SMILES string of the molecule is COC(=O)[C@H]1CCC[C@H](Oc2ccc(-c3sc(C)cc3CNC(=O)OCc3ccccc3)nc2C)C1. The van der Waals surface area contributed by atoms with E-state index >= 15 is 0 Å². The smallest absolute Gasteiger partial charge is 0.407 e. The zero-order chi connectivity index (χ0) is 25.5. The minimum absolute atomic E-state index is 0.0279. The summed E-state index contributed by atoms with van der Waals surface area (Å²) in [4.78, 5) is 31.1. The van der Waals surface area contributed by atoms with E-state index < -0.39 is 6.09 Å². The fraction of sp³-hybridized carbons (Fsp3) is 0.393. The van der Waals surface area contributed by atoms with Gasteiger partial charge in [-0.25, -0.2) is 9.78 Å². The van der Waals surface area contributed by atoms with E-state index in [-0.39, 0.29) is 24.6 Å². The van der Waals surface area contributed by atoms with Gasteiger partial charge in [0.2, 0.25) is 0 Å². The first-order valence-corrected chi connectivity index (χ1v) is 13.0. The van der Waals surface area contributed by atoms with Gasteiger partial charge in [-0.2, -0.15) is 0 Å². The van der Waals surface area contributed by atoms with E-state index in [0.717, 1.165) is 57.3 Å². The highest BCUT2D eigenvalue weighted by Crippen LogP contribution is 2.34. The number of aromatic nitrogens is 1. The number of alkyl carbamates (subject to hydrolysis) is 1. The van der Waals surface area contributed by atoms with Crippen molar-refractivity contribution in [3.63, 3.8) is 0 Å². The molecule has 0 unspecified atom stereocenters. The molecule has 0 spiro atoms. The number of esters is 1. The van der Waals surface area contributed by atoms with Gasteiger partial charge >= 0.3 is 12.1 Å². The molecule has 0 radical (unpaired) electrons. The lowest BCUT2D eigenvalue weighted by Crippen LogP contribution is -2.30. The molecule has 1 N–H and O–H groups in total. The zero-order valence-electron chi connectivity index (χ0n) is 20.9. The number of rotatable bonds is 8. The molecule has 0 saturated heterocycles. The highest BCUT2D eigenvalue weighted by atomic mass is 32.1. The monoisotopic (exact) mass is 508 g/mol. The highest BCUT2D eigenvalue weighted by Gasteiger charge is 2.29. The number of amides is 1. The molecule has 0 bridgehead atoms. The van der Waals surface area contributed by atoms with Gasteiger partial charge in [-0.3, -0.25) is 4.79 Å². The number of benzene rings is 1. The van der Waals surface area contributed by atoms with Gasteiger partial charge in [0.15, 0.2) is 0 Å². The van der Waals surface area contributed by atoms with E-state index in [0.29, 0.717) is 13.0 Å². The van der Waals surface area contributed by atoms with Crippen LogP contribution in [0.2, 0.25) is 0 Å². The molecule has 2 heterocycles. The molecule has 1 aliphatic carbocycles. The highest BCUT2D eigenvalue weighted by molar-refractivity contribution is 7.15. The van der Waals surface area contributed by atoms with Gasteiger partial charge in [0.1, 0.15) is 12.4 Å². The molecule has 1 aromatic carbocycles. The van der Waals surface area contributed by atoms with E-state index in [2.05, 4.69) is 11.4 Å². The van der Waals surface area contributed by atoms with E-state index in [1.165, 1.54) is 7.11 Å². The number of carbonyl (C=O) groups excluding carboxylic acids is 2. The lowest BCUT2D eigenvalue weighted by atomic mass is 9.87. The molecule has 4 rings (SSSR count). The predicted octanol–water partition coefficient (Wildman–Crippen LogP) is 5.96. The molecule has 1 saturated carbocycles. The maximum atomic E-state index is 12.2. The maximum Gasteiger partial charge on any atom is 0.407 e. The third-order valence-electron chi connectivity index (χ3n) is 6.29. The van der Waals surface area contributed by atoms with Crippen LogP contribution in [0.5, 0.6) is 5.75 Å². The number of hydrogen-bond donors (Lipinski definition) is 1. The summed E-state index contributed by atoms with van der Waals surface area (Å²) in [7, 11) is 1.43. The van der Waals surface area contributed by atoms with Crippen LogP contribution in [0.4, 0.5) is 4.79 Å². The Bertz CT molecular complexity index is 1190. The summed E-state index contributed by atoms with van der Waals surface area (Å²) in [6.45, 7) is 4.55. The van der Waals surface area contributed by atoms with Gasteiger partial charge in [-0.1, -0.05) is 30.3 Å². The first kappa shape index (κ1) is 25.7. The second-order valence-electron chi connectivity index (χ2n) is 9.03. The van der Waals surface area contributed by atoms with Crippen molar-refractivity contribution < 1.29 is 23.8 Å². The van der Waals surface area contributed by atoms with E-state index in [1.807, 2.05) is 56.3 Å². The van der Waals surface area contributed by atoms with E-state index in [9.17, 15) is 9.59 Å². The molecule has 190 valence electrons. The molecule has 1 aliphatic rings.